The molecule has 0 atom stereocenters. The number of hydrogen-bond acceptors (Lipinski definition) is 5. The lowest BCUT2D eigenvalue weighted by Gasteiger charge is -2.05. The Morgan fingerprint density at radius 1 is 1.17 bits per heavy atom. The van der Waals surface area contributed by atoms with Crippen LogP contribution in [-0.2, 0) is 9.84 Å². The van der Waals surface area contributed by atoms with Crippen molar-refractivity contribution in [1.29, 1.82) is 0 Å². The third-order valence-electron chi connectivity index (χ3n) is 2.05. The number of benzene rings is 1. The summed E-state index contributed by atoms with van der Waals surface area (Å²) in [6.07, 6.45) is 4.44. The van der Waals surface area contributed by atoms with E-state index >= 15 is 0 Å². The van der Waals surface area contributed by atoms with Gasteiger partial charge in [-0.15, -0.1) is 0 Å². The van der Waals surface area contributed by atoms with Crippen molar-refractivity contribution in [3.05, 3.63) is 41.1 Å². The van der Waals surface area contributed by atoms with E-state index in [4.69, 9.17) is 0 Å². The molecule has 0 aliphatic carbocycles. The molecule has 0 aliphatic heterocycles. The second-order valence-corrected chi connectivity index (χ2v) is 7.41. The fraction of sp³-hybridized carbons (Fsp3) is 0.0909. The molecule has 0 fully saturated rings. The Labute approximate surface area is 118 Å². The van der Waals surface area contributed by atoms with E-state index in [9.17, 15) is 8.42 Å². The molecule has 2 rings (SSSR count). The van der Waals surface area contributed by atoms with Crippen LogP contribution in [0.1, 0.15) is 0 Å². The Morgan fingerprint density at radius 3 is 2.39 bits per heavy atom. The molecule has 1 aromatic carbocycles. The van der Waals surface area contributed by atoms with E-state index in [0.29, 0.717) is 14.9 Å². The highest BCUT2D eigenvalue weighted by atomic mass is 79.9. The van der Waals surface area contributed by atoms with Crippen molar-refractivity contribution in [2.45, 2.75) is 14.9 Å². The molecule has 1 heterocycles. The minimum atomic E-state index is -3.25. The van der Waals surface area contributed by atoms with Crippen molar-refractivity contribution in [3.63, 3.8) is 0 Å². The minimum absolute atomic E-state index is 0.293. The van der Waals surface area contributed by atoms with Gasteiger partial charge in [-0.3, -0.25) is 0 Å². The van der Waals surface area contributed by atoms with Gasteiger partial charge in [-0.05, 0) is 39.8 Å². The van der Waals surface area contributed by atoms with E-state index in [1.54, 1.807) is 36.7 Å². The zero-order valence-electron chi connectivity index (χ0n) is 9.37. The lowest BCUT2D eigenvalue weighted by molar-refractivity contribution is 0.600. The van der Waals surface area contributed by atoms with Crippen LogP contribution in [0.3, 0.4) is 0 Å². The van der Waals surface area contributed by atoms with E-state index in [2.05, 4.69) is 25.9 Å². The van der Waals surface area contributed by atoms with Crippen molar-refractivity contribution in [3.8, 4) is 0 Å². The topological polar surface area (TPSA) is 59.9 Å². The molecular weight excluding hydrogens is 336 g/mol. The third-order valence-corrected chi connectivity index (χ3v) is 4.71. The second kappa shape index (κ2) is 5.38. The van der Waals surface area contributed by atoms with Gasteiger partial charge in [-0.25, -0.2) is 18.4 Å². The van der Waals surface area contributed by atoms with Crippen LogP contribution in [0.15, 0.2) is 56.1 Å². The summed E-state index contributed by atoms with van der Waals surface area (Å²) in [6, 6.07) is 6.81. The molecule has 0 amide bonds. The molecule has 1 aromatic heterocycles. The zero-order valence-corrected chi connectivity index (χ0v) is 12.6. The average molecular weight is 345 g/mol. The van der Waals surface area contributed by atoms with E-state index in [1.165, 1.54) is 18.0 Å². The van der Waals surface area contributed by atoms with E-state index in [0.717, 1.165) is 4.47 Å². The summed E-state index contributed by atoms with van der Waals surface area (Å²) in [7, 11) is -3.25. The molecule has 0 unspecified atom stereocenters. The summed E-state index contributed by atoms with van der Waals surface area (Å²) >= 11 is 4.47. The summed E-state index contributed by atoms with van der Waals surface area (Å²) in [6.45, 7) is 0. The van der Waals surface area contributed by atoms with Crippen molar-refractivity contribution in [2.75, 3.05) is 6.26 Å². The number of rotatable bonds is 3. The largest absolute Gasteiger partial charge is 0.230 e. The fourth-order valence-corrected chi connectivity index (χ4v) is 3.56. The summed E-state index contributed by atoms with van der Waals surface area (Å²) in [5.74, 6) is 0. The van der Waals surface area contributed by atoms with Gasteiger partial charge in [0.1, 0.15) is 0 Å². The third kappa shape index (κ3) is 3.30. The molecular formula is C11H9BrN2O2S2. The number of hydrogen-bond donors (Lipinski definition) is 0. The molecule has 4 nitrogen and oxygen atoms in total. The summed E-state index contributed by atoms with van der Waals surface area (Å²) in [4.78, 5) is 9.13. The Kier molecular flexibility index (Phi) is 4.04. The maximum atomic E-state index is 11.6. The minimum Gasteiger partial charge on any atom is -0.230 e. The average Bonchev–Trinajstić information content (AvgIpc) is 2.31. The highest BCUT2D eigenvalue weighted by molar-refractivity contribution is 9.10. The van der Waals surface area contributed by atoms with Gasteiger partial charge in [0.05, 0.1) is 9.37 Å². The van der Waals surface area contributed by atoms with Crippen LogP contribution in [0.5, 0.6) is 0 Å². The molecule has 18 heavy (non-hydrogen) atoms. The number of aromatic nitrogens is 2. The number of halogens is 1. The first-order chi connectivity index (χ1) is 8.47. The standard InChI is InChI=1S/C11H9BrN2O2S2/c1-18(15,16)10-5-3-2-4-9(10)17-11-13-6-8(12)7-14-11/h2-7H,1H3. The molecule has 94 valence electrons. The molecule has 0 saturated heterocycles. The van der Waals surface area contributed by atoms with Crippen molar-refractivity contribution >= 4 is 37.5 Å². The zero-order chi connectivity index (χ0) is 13.2. The predicted molar refractivity (Wildman–Crippen MR) is 73.4 cm³/mol. The quantitative estimate of drug-likeness (QED) is 0.801. The van der Waals surface area contributed by atoms with Gasteiger partial charge in [-0.2, -0.15) is 0 Å². The highest BCUT2D eigenvalue weighted by Crippen LogP contribution is 2.30. The van der Waals surface area contributed by atoms with Crippen LogP contribution in [-0.4, -0.2) is 24.6 Å². The molecule has 0 bridgehead atoms. The highest BCUT2D eigenvalue weighted by Gasteiger charge is 2.14. The molecule has 0 spiro atoms. The predicted octanol–water partition coefficient (Wildman–Crippen LogP) is 2.79. The summed E-state index contributed by atoms with van der Waals surface area (Å²) < 4.78 is 24.1. The first-order valence-corrected chi connectivity index (χ1v) is 8.41. The monoisotopic (exact) mass is 344 g/mol. The van der Waals surface area contributed by atoms with Gasteiger partial charge in [0.2, 0.25) is 0 Å². The van der Waals surface area contributed by atoms with E-state index < -0.39 is 9.84 Å². The van der Waals surface area contributed by atoms with Crippen LogP contribution in [0.2, 0.25) is 0 Å². The normalized spacial score (nSPS) is 11.4. The van der Waals surface area contributed by atoms with Gasteiger partial charge in [0.15, 0.2) is 15.0 Å². The molecule has 0 saturated carbocycles. The number of sulfone groups is 1. The molecule has 7 heteroatoms. The number of nitrogens with zero attached hydrogens (tertiary/aromatic N) is 2. The molecule has 0 aliphatic rings. The van der Waals surface area contributed by atoms with Crippen LogP contribution in [0.4, 0.5) is 0 Å². The Balaban J connectivity index is 2.38. The van der Waals surface area contributed by atoms with Crippen molar-refractivity contribution in [1.82, 2.24) is 9.97 Å². The maximum absolute atomic E-state index is 11.6. The Bertz CT molecular complexity index is 657. The second-order valence-electron chi connectivity index (χ2n) is 3.50. The van der Waals surface area contributed by atoms with Gasteiger partial charge in [-0.1, -0.05) is 12.1 Å². The maximum Gasteiger partial charge on any atom is 0.192 e. The van der Waals surface area contributed by atoms with Gasteiger partial charge in [0.25, 0.3) is 0 Å². The lowest BCUT2D eigenvalue weighted by Crippen LogP contribution is -1.99. The molecule has 2 aromatic rings. The van der Waals surface area contributed by atoms with Crippen molar-refractivity contribution in [2.24, 2.45) is 0 Å². The van der Waals surface area contributed by atoms with Crippen molar-refractivity contribution < 1.29 is 8.42 Å². The molecule has 0 N–H and O–H groups in total. The van der Waals surface area contributed by atoms with E-state index in [1.807, 2.05) is 0 Å². The SMILES string of the molecule is CS(=O)(=O)c1ccccc1Sc1ncc(Br)cn1. The van der Waals surface area contributed by atoms with Crippen LogP contribution < -0.4 is 0 Å². The smallest absolute Gasteiger partial charge is 0.192 e. The Morgan fingerprint density at radius 2 is 1.78 bits per heavy atom. The lowest BCUT2D eigenvalue weighted by atomic mass is 10.4. The van der Waals surface area contributed by atoms with Gasteiger partial charge < -0.3 is 0 Å². The van der Waals surface area contributed by atoms with Crippen LogP contribution in [0, 0.1) is 0 Å². The Hall–Kier alpha value is -0.920. The first kappa shape index (κ1) is 13.5. The first-order valence-electron chi connectivity index (χ1n) is 4.91. The summed E-state index contributed by atoms with van der Waals surface area (Å²) in [5, 5.41) is 0.509. The van der Waals surface area contributed by atoms with Gasteiger partial charge in [0, 0.05) is 23.5 Å². The molecule has 0 radical (unpaired) electrons. The fourth-order valence-electron chi connectivity index (χ4n) is 1.29. The summed E-state index contributed by atoms with van der Waals surface area (Å²) in [5.41, 5.74) is 0. The van der Waals surface area contributed by atoms with E-state index in [-0.39, 0.29) is 0 Å². The van der Waals surface area contributed by atoms with Gasteiger partial charge >= 0.3 is 0 Å². The van der Waals surface area contributed by atoms with Crippen LogP contribution in [0.25, 0.3) is 0 Å². The van der Waals surface area contributed by atoms with Crippen LogP contribution >= 0.6 is 27.7 Å².